The van der Waals surface area contributed by atoms with Crippen molar-refractivity contribution in [3.05, 3.63) is 35.4 Å². The summed E-state index contributed by atoms with van der Waals surface area (Å²) in [5, 5.41) is 0.528. The Balaban J connectivity index is 0.000000310. The molecule has 1 aromatic rings. The van der Waals surface area contributed by atoms with Crippen LogP contribution in [0.1, 0.15) is 31.9 Å². The summed E-state index contributed by atoms with van der Waals surface area (Å²) >= 11 is 3.97. The van der Waals surface area contributed by atoms with E-state index in [2.05, 4.69) is 50.7 Å². The highest BCUT2D eigenvalue weighted by Gasteiger charge is 1.84. The van der Waals surface area contributed by atoms with Gasteiger partial charge in [0.05, 0.1) is 0 Å². The molecule has 1 rings (SSSR count). The van der Waals surface area contributed by atoms with Crippen LogP contribution in [0.2, 0.25) is 0 Å². The Hall–Kier alpha value is -0.430. The van der Waals surface area contributed by atoms with Crippen LogP contribution in [0.25, 0.3) is 0 Å². The lowest BCUT2D eigenvalue weighted by molar-refractivity contribution is 1.13. The SMILES string of the molecule is CC(C)S.CCc1ccc(C)cc1. The van der Waals surface area contributed by atoms with E-state index in [0.29, 0.717) is 5.25 Å². The first kappa shape index (κ1) is 12.6. The predicted molar refractivity (Wildman–Crippen MR) is 64.7 cm³/mol. The molecular weight excluding hydrogens is 176 g/mol. The second-order valence-electron chi connectivity index (χ2n) is 3.43. The normalized spacial score (nSPS) is 9.38. The van der Waals surface area contributed by atoms with Crippen LogP contribution in [-0.2, 0) is 6.42 Å². The van der Waals surface area contributed by atoms with Crippen molar-refractivity contribution in [2.75, 3.05) is 0 Å². The van der Waals surface area contributed by atoms with E-state index in [4.69, 9.17) is 0 Å². The first-order valence-corrected chi connectivity index (χ1v) is 5.31. The van der Waals surface area contributed by atoms with Crippen molar-refractivity contribution in [3.63, 3.8) is 0 Å². The molecule has 0 aliphatic heterocycles. The fourth-order valence-electron chi connectivity index (χ4n) is 0.824. The van der Waals surface area contributed by atoms with Crippen molar-refractivity contribution in [1.82, 2.24) is 0 Å². The van der Waals surface area contributed by atoms with Crippen molar-refractivity contribution in [3.8, 4) is 0 Å². The molecule has 0 N–H and O–H groups in total. The van der Waals surface area contributed by atoms with Gasteiger partial charge in [-0.3, -0.25) is 0 Å². The number of hydrogen-bond acceptors (Lipinski definition) is 1. The molecule has 0 radical (unpaired) electrons. The molecule has 0 spiro atoms. The van der Waals surface area contributed by atoms with E-state index in [1.165, 1.54) is 11.1 Å². The van der Waals surface area contributed by atoms with E-state index in [1.54, 1.807) is 0 Å². The van der Waals surface area contributed by atoms with Crippen molar-refractivity contribution >= 4 is 12.6 Å². The van der Waals surface area contributed by atoms with Gasteiger partial charge in [0.1, 0.15) is 0 Å². The minimum Gasteiger partial charge on any atom is -0.177 e. The fourth-order valence-corrected chi connectivity index (χ4v) is 0.824. The van der Waals surface area contributed by atoms with Gasteiger partial charge in [-0.15, -0.1) is 0 Å². The van der Waals surface area contributed by atoms with E-state index < -0.39 is 0 Å². The molecule has 1 aromatic carbocycles. The second-order valence-corrected chi connectivity index (χ2v) is 4.47. The number of hydrogen-bond donors (Lipinski definition) is 1. The van der Waals surface area contributed by atoms with Crippen molar-refractivity contribution < 1.29 is 0 Å². The molecule has 0 aromatic heterocycles. The van der Waals surface area contributed by atoms with Crippen LogP contribution < -0.4 is 0 Å². The van der Waals surface area contributed by atoms with Gasteiger partial charge < -0.3 is 0 Å². The zero-order valence-corrected chi connectivity index (χ0v) is 9.94. The highest BCUT2D eigenvalue weighted by molar-refractivity contribution is 7.80. The quantitative estimate of drug-likeness (QED) is 0.647. The maximum absolute atomic E-state index is 3.97. The molecule has 1 heteroatoms. The molecular formula is C12H20S. The Kier molecular flexibility index (Phi) is 6.79. The summed E-state index contributed by atoms with van der Waals surface area (Å²) in [5.41, 5.74) is 2.76. The van der Waals surface area contributed by atoms with Gasteiger partial charge in [-0.1, -0.05) is 50.6 Å². The lowest BCUT2D eigenvalue weighted by Crippen LogP contribution is -1.77. The van der Waals surface area contributed by atoms with Gasteiger partial charge in [0.15, 0.2) is 0 Å². The van der Waals surface area contributed by atoms with Gasteiger partial charge >= 0.3 is 0 Å². The van der Waals surface area contributed by atoms with Gasteiger partial charge in [0.25, 0.3) is 0 Å². The van der Waals surface area contributed by atoms with Gasteiger partial charge in [0.2, 0.25) is 0 Å². The molecule has 0 saturated carbocycles. The lowest BCUT2D eigenvalue weighted by Gasteiger charge is -1.94. The zero-order valence-electron chi connectivity index (χ0n) is 9.04. The Bertz CT molecular complexity index is 208. The summed E-state index contributed by atoms with van der Waals surface area (Å²) in [5.74, 6) is 0. The molecule has 0 amide bonds. The summed E-state index contributed by atoms with van der Waals surface area (Å²) in [4.78, 5) is 0. The summed E-state index contributed by atoms with van der Waals surface area (Å²) in [6.45, 7) is 8.34. The Morgan fingerprint density at radius 2 is 1.54 bits per heavy atom. The molecule has 0 nitrogen and oxygen atoms in total. The minimum absolute atomic E-state index is 0.528. The first-order valence-electron chi connectivity index (χ1n) is 4.79. The van der Waals surface area contributed by atoms with Crippen LogP contribution in [0.4, 0.5) is 0 Å². The topological polar surface area (TPSA) is 0 Å². The fraction of sp³-hybridized carbons (Fsp3) is 0.500. The van der Waals surface area contributed by atoms with Gasteiger partial charge in [0, 0.05) is 0 Å². The Morgan fingerprint density at radius 3 is 1.85 bits per heavy atom. The van der Waals surface area contributed by atoms with E-state index in [9.17, 15) is 0 Å². The Labute approximate surface area is 87.8 Å². The third kappa shape index (κ3) is 7.92. The van der Waals surface area contributed by atoms with Crippen LogP contribution in [0.3, 0.4) is 0 Å². The van der Waals surface area contributed by atoms with E-state index in [-0.39, 0.29) is 0 Å². The molecule has 0 saturated heterocycles. The van der Waals surface area contributed by atoms with Crippen molar-refractivity contribution in [2.45, 2.75) is 39.4 Å². The van der Waals surface area contributed by atoms with E-state index >= 15 is 0 Å². The van der Waals surface area contributed by atoms with Crippen LogP contribution in [-0.4, -0.2) is 5.25 Å². The highest BCUT2D eigenvalue weighted by Crippen LogP contribution is 2.02. The molecule has 0 fully saturated rings. The monoisotopic (exact) mass is 196 g/mol. The average molecular weight is 196 g/mol. The zero-order chi connectivity index (χ0) is 10.3. The molecule has 0 bridgehead atoms. The van der Waals surface area contributed by atoms with Gasteiger partial charge in [-0.2, -0.15) is 12.6 Å². The second kappa shape index (κ2) is 7.02. The number of thiol groups is 1. The van der Waals surface area contributed by atoms with E-state index in [1.807, 2.05) is 13.8 Å². The molecule has 74 valence electrons. The number of rotatable bonds is 1. The van der Waals surface area contributed by atoms with Crippen LogP contribution in [0.15, 0.2) is 24.3 Å². The predicted octanol–water partition coefficient (Wildman–Crippen LogP) is 3.88. The summed E-state index contributed by atoms with van der Waals surface area (Å²) in [6.07, 6.45) is 1.14. The van der Waals surface area contributed by atoms with Crippen LogP contribution in [0, 0.1) is 6.92 Å². The summed E-state index contributed by atoms with van der Waals surface area (Å²) in [7, 11) is 0. The molecule has 0 atom stereocenters. The summed E-state index contributed by atoms with van der Waals surface area (Å²) < 4.78 is 0. The molecule has 0 aliphatic rings. The number of benzene rings is 1. The number of aryl methyl sites for hydroxylation is 2. The molecule has 0 unspecified atom stereocenters. The Morgan fingerprint density at radius 1 is 1.15 bits per heavy atom. The van der Waals surface area contributed by atoms with Crippen molar-refractivity contribution in [1.29, 1.82) is 0 Å². The first-order chi connectivity index (χ1) is 6.06. The van der Waals surface area contributed by atoms with E-state index in [0.717, 1.165) is 6.42 Å². The third-order valence-electron chi connectivity index (χ3n) is 1.53. The molecule has 0 heterocycles. The van der Waals surface area contributed by atoms with Crippen LogP contribution >= 0.6 is 12.6 Å². The van der Waals surface area contributed by atoms with Crippen molar-refractivity contribution in [2.24, 2.45) is 0 Å². The largest absolute Gasteiger partial charge is 0.177 e. The molecule has 0 aliphatic carbocycles. The third-order valence-corrected chi connectivity index (χ3v) is 1.53. The maximum atomic E-state index is 3.97. The standard InChI is InChI=1S/C9H12.C3H8S/c1-3-9-6-4-8(2)5-7-9;1-3(2)4/h4-7H,3H2,1-2H3;3-4H,1-2H3. The highest BCUT2D eigenvalue weighted by atomic mass is 32.1. The lowest BCUT2D eigenvalue weighted by atomic mass is 10.1. The maximum Gasteiger partial charge on any atom is -0.00399 e. The molecule has 13 heavy (non-hydrogen) atoms. The van der Waals surface area contributed by atoms with Gasteiger partial charge in [-0.25, -0.2) is 0 Å². The summed E-state index contributed by atoms with van der Waals surface area (Å²) in [6, 6.07) is 8.66. The van der Waals surface area contributed by atoms with Crippen LogP contribution in [0.5, 0.6) is 0 Å². The minimum atomic E-state index is 0.528. The van der Waals surface area contributed by atoms with Gasteiger partial charge in [-0.05, 0) is 24.2 Å². The average Bonchev–Trinajstić information content (AvgIpc) is 2.05. The smallest absolute Gasteiger partial charge is 0.00399 e.